The van der Waals surface area contributed by atoms with E-state index < -0.39 is 5.82 Å². The molecule has 0 aromatic carbocycles. The molecule has 0 radical (unpaired) electrons. The topological polar surface area (TPSA) is 15.8 Å². The van der Waals surface area contributed by atoms with E-state index in [2.05, 4.69) is 17.2 Å². The zero-order valence-corrected chi connectivity index (χ0v) is 8.89. The number of halogens is 2. The van der Waals surface area contributed by atoms with Gasteiger partial charge in [-0.05, 0) is 6.07 Å². The summed E-state index contributed by atoms with van der Waals surface area (Å²) in [5.41, 5.74) is 0. The van der Waals surface area contributed by atoms with Crippen molar-refractivity contribution in [3.05, 3.63) is 27.7 Å². The number of rotatable bonds is 0. The molecule has 0 aliphatic rings. The molecule has 0 amide bonds. The molecule has 0 bridgehead atoms. The standard InChI is InChI=1S/C5H3ClFNS.Na.H/c6-5-4(7)3(9)1-2-8-5;;/h1-2H,(H,8,9);;/q;+1;-1. The second kappa shape index (κ2) is 4.46. The monoisotopic (exact) mass is 187 g/mol. The van der Waals surface area contributed by atoms with Gasteiger partial charge < -0.3 is 6.41 Å². The Morgan fingerprint density at radius 2 is 2.30 bits per heavy atom. The number of nitrogens with one attached hydrogen (secondary N) is 1. The third kappa shape index (κ3) is 2.32. The summed E-state index contributed by atoms with van der Waals surface area (Å²) < 4.78 is 12.6. The fraction of sp³-hybridized carbons (Fsp3) is 0. The molecule has 0 saturated carbocycles. The molecule has 1 nitrogen and oxygen atoms in total. The molecule has 0 aliphatic heterocycles. The van der Waals surface area contributed by atoms with Crippen molar-refractivity contribution in [2.45, 2.75) is 0 Å². The van der Waals surface area contributed by atoms with Crippen LogP contribution in [-0.2, 0) is 0 Å². The van der Waals surface area contributed by atoms with Crippen LogP contribution in [0.15, 0.2) is 12.3 Å². The van der Waals surface area contributed by atoms with Gasteiger partial charge in [0, 0.05) is 6.20 Å². The molecule has 1 aromatic rings. The van der Waals surface area contributed by atoms with Gasteiger partial charge in [-0.3, -0.25) is 0 Å². The number of H-pyrrole nitrogens is 1. The summed E-state index contributed by atoms with van der Waals surface area (Å²) in [5, 5.41) is -0.0394. The van der Waals surface area contributed by atoms with Gasteiger partial charge in [-0.2, -0.15) is 0 Å². The molecule has 0 aliphatic carbocycles. The van der Waals surface area contributed by atoms with Gasteiger partial charge in [0.25, 0.3) is 0 Å². The van der Waals surface area contributed by atoms with Crippen molar-refractivity contribution >= 4 is 23.8 Å². The van der Waals surface area contributed by atoms with Gasteiger partial charge >= 0.3 is 29.6 Å². The largest absolute Gasteiger partial charge is 1.00 e. The number of aromatic amines is 1. The number of hydrogen-bond acceptors (Lipinski definition) is 1. The summed E-state index contributed by atoms with van der Waals surface area (Å²) in [7, 11) is 0. The van der Waals surface area contributed by atoms with Crippen LogP contribution in [0.2, 0.25) is 5.15 Å². The maximum atomic E-state index is 12.5. The zero-order valence-electron chi connectivity index (χ0n) is 6.32. The molecule has 50 valence electrons. The van der Waals surface area contributed by atoms with Gasteiger partial charge in [0.2, 0.25) is 0 Å². The van der Waals surface area contributed by atoms with Crippen LogP contribution < -0.4 is 29.6 Å². The van der Waals surface area contributed by atoms with Gasteiger partial charge in [0.15, 0.2) is 5.82 Å². The summed E-state index contributed by atoms with van der Waals surface area (Å²) in [6.07, 6.45) is 1.49. The molecule has 1 heterocycles. The summed E-state index contributed by atoms with van der Waals surface area (Å²) >= 11 is 9.88. The minimum Gasteiger partial charge on any atom is -1.00 e. The van der Waals surface area contributed by atoms with Crippen molar-refractivity contribution in [1.29, 1.82) is 0 Å². The van der Waals surface area contributed by atoms with E-state index in [1.54, 1.807) is 0 Å². The predicted octanol–water partition coefficient (Wildman–Crippen LogP) is -0.347. The average molecular weight is 188 g/mol. The molecule has 0 spiro atoms. The van der Waals surface area contributed by atoms with Crippen molar-refractivity contribution in [2.24, 2.45) is 0 Å². The van der Waals surface area contributed by atoms with Crippen molar-refractivity contribution < 1.29 is 35.4 Å². The molecule has 1 N–H and O–H groups in total. The van der Waals surface area contributed by atoms with Gasteiger partial charge in [0.05, 0.1) is 4.51 Å². The first-order valence-corrected chi connectivity index (χ1v) is 3.03. The third-order valence-corrected chi connectivity index (χ3v) is 1.44. The van der Waals surface area contributed by atoms with Crippen LogP contribution in [0.1, 0.15) is 1.43 Å². The van der Waals surface area contributed by atoms with Gasteiger partial charge in [0.1, 0.15) is 5.15 Å². The van der Waals surface area contributed by atoms with E-state index in [0.29, 0.717) is 0 Å². The predicted molar refractivity (Wildman–Crippen MR) is 37.7 cm³/mol. The van der Waals surface area contributed by atoms with Crippen LogP contribution in [0.25, 0.3) is 0 Å². The molecule has 5 heteroatoms. The Hall–Kier alpha value is 0.590. The van der Waals surface area contributed by atoms with E-state index in [-0.39, 0.29) is 40.6 Å². The normalized spacial score (nSPS) is 8.60. The third-order valence-electron chi connectivity index (χ3n) is 0.854. The summed E-state index contributed by atoms with van der Waals surface area (Å²) in [6, 6.07) is 1.44. The van der Waals surface area contributed by atoms with E-state index in [9.17, 15) is 4.39 Å². The fourth-order valence-corrected chi connectivity index (χ4v) is 0.826. The molecule has 0 unspecified atom stereocenters. The van der Waals surface area contributed by atoms with Gasteiger partial charge in [-0.25, -0.2) is 4.39 Å². The second-order valence-corrected chi connectivity index (χ2v) is 2.29. The SMILES string of the molecule is Fc1c(Cl)[nH]ccc1=S.[H-].[Na+]. The quantitative estimate of drug-likeness (QED) is 0.334. The Labute approximate surface area is 91.4 Å². The minimum atomic E-state index is -0.561. The van der Waals surface area contributed by atoms with Crippen molar-refractivity contribution in [3.8, 4) is 0 Å². The molecule has 1 rings (SSSR count). The first-order chi connectivity index (χ1) is 4.22. The molecule has 0 saturated heterocycles. The van der Waals surface area contributed by atoms with E-state index in [4.69, 9.17) is 11.6 Å². The number of hydrogen-bond donors (Lipinski definition) is 1. The van der Waals surface area contributed by atoms with Crippen molar-refractivity contribution in [3.63, 3.8) is 0 Å². The van der Waals surface area contributed by atoms with Gasteiger partial charge in [-0.1, -0.05) is 23.8 Å². The van der Waals surface area contributed by atoms with Crippen molar-refractivity contribution in [1.82, 2.24) is 4.98 Å². The average Bonchev–Trinajstić information content (AvgIpc) is 1.83. The number of pyridine rings is 1. The number of aromatic nitrogens is 1. The summed E-state index contributed by atoms with van der Waals surface area (Å²) in [5.74, 6) is -0.561. The minimum absolute atomic E-state index is 0. The van der Waals surface area contributed by atoms with Crippen LogP contribution in [0.3, 0.4) is 0 Å². The Morgan fingerprint density at radius 3 is 2.70 bits per heavy atom. The van der Waals surface area contributed by atoms with Crippen LogP contribution in [0.5, 0.6) is 0 Å². The van der Waals surface area contributed by atoms with Crippen molar-refractivity contribution in [2.75, 3.05) is 0 Å². The Kier molecular flexibility index (Phi) is 4.73. The molecule has 10 heavy (non-hydrogen) atoms. The molecular formula is C5H4ClFNNaS. The molecule has 0 fully saturated rings. The van der Waals surface area contributed by atoms with Crippen LogP contribution in [0, 0.1) is 10.3 Å². The first-order valence-electron chi connectivity index (χ1n) is 2.24. The summed E-state index contributed by atoms with van der Waals surface area (Å²) in [6.45, 7) is 0. The smallest absolute Gasteiger partial charge is 1.00 e. The van der Waals surface area contributed by atoms with E-state index >= 15 is 0 Å². The molecule has 1 aromatic heterocycles. The van der Waals surface area contributed by atoms with Crippen LogP contribution >= 0.6 is 23.8 Å². The second-order valence-electron chi connectivity index (χ2n) is 1.47. The van der Waals surface area contributed by atoms with E-state index in [0.717, 1.165) is 0 Å². The Balaban J connectivity index is 0. The van der Waals surface area contributed by atoms with Gasteiger partial charge in [-0.15, -0.1) is 0 Å². The van der Waals surface area contributed by atoms with E-state index in [1.165, 1.54) is 12.3 Å². The molecular weight excluding hydrogens is 184 g/mol. The maximum Gasteiger partial charge on any atom is 1.00 e. The molecule has 0 atom stereocenters. The van der Waals surface area contributed by atoms with Crippen LogP contribution in [0.4, 0.5) is 4.39 Å². The maximum absolute atomic E-state index is 12.5. The van der Waals surface area contributed by atoms with E-state index in [1.807, 2.05) is 0 Å². The fourth-order valence-electron chi connectivity index (χ4n) is 0.435. The summed E-state index contributed by atoms with van der Waals surface area (Å²) in [4.78, 5) is 2.46. The zero-order chi connectivity index (χ0) is 6.85. The van der Waals surface area contributed by atoms with Crippen LogP contribution in [-0.4, -0.2) is 4.98 Å². The Morgan fingerprint density at radius 1 is 1.70 bits per heavy atom. The first kappa shape index (κ1) is 10.6. The Bertz CT molecular complexity index is 279.